The van der Waals surface area contributed by atoms with Crippen LogP contribution in [0.25, 0.3) is 16.9 Å². The van der Waals surface area contributed by atoms with Crippen molar-refractivity contribution in [2.45, 2.75) is 6.92 Å². The first-order valence-corrected chi connectivity index (χ1v) is 7.55. The predicted molar refractivity (Wildman–Crippen MR) is 90.7 cm³/mol. The molecule has 0 saturated carbocycles. The Hall–Kier alpha value is -2.04. The van der Waals surface area contributed by atoms with E-state index in [1.807, 2.05) is 36.4 Å². The lowest BCUT2D eigenvalue weighted by molar-refractivity contribution is 0.210. The average Bonchev–Trinajstić information content (AvgIpc) is 2.88. The maximum Gasteiger partial charge on any atom is 0.139 e. The molecule has 114 valence electrons. The van der Waals surface area contributed by atoms with Crippen molar-refractivity contribution in [1.29, 1.82) is 0 Å². The Bertz CT molecular complexity index is 780. The Morgan fingerprint density at radius 2 is 1.95 bits per heavy atom. The molecule has 0 aliphatic rings. The zero-order valence-corrected chi connectivity index (χ0v) is 13.4. The molecular weight excluding hydrogens is 298 g/mol. The normalized spacial score (nSPS) is 11.0. The van der Waals surface area contributed by atoms with Crippen LogP contribution >= 0.6 is 11.6 Å². The first kappa shape index (κ1) is 14.9. The molecule has 4 nitrogen and oxygen atoms in total. The summed E-state index contributed by atoms with van der Waals surface area (Å²) in [5, 5.41) is 4.15. The van der Waals surface area contributed by atoms with E-state index in [4.69, 9.17) is 21.3 Å². The van der Waals surface area contributed by atoms with Crippen LogP contribution in [0.5, 0.6) is 0 Å². The van der Waals surface area contributed by atoms with Crippen LogP contribution in [0.1, 0.15) is 5.69 Å². The molecule has 0 bridgehead atoms. The molecule has 0 atom stereocenters. The van der Waals surface area contributed by atoms with Crippen LogP contribution < -0.4 is 5.32 Å². The highest BCUT2D eigenvalue weighted by atomic mass is 35.5. The number of fused-ring (bicyclic) bond motifs is 1. The number of hydrogen-bond acceptors (Lipinski definition) is 3. The second-order valence-corrected chi connectivity index (χ2v) is 5.53. The summed E-state index contributed by atoms with van der Waals surface area (Å²) in [6.45, 7) is 3.43. The number of aryl methyl sites for hydroxylation is 1. The second-order valence-electron chi connectivity index (χ2n) is 5.10. The molecule has 5 heteroatoms. The fraction of sp³-hybridized carbons (Fsp3) is 0.235. The van der Waals surface area contributed by atoms with Gasteiger partial charge in [-0.1, -0.05) is 29.8 Å². The van der Waals surface area contributed by atoms with Gasteiger partial charge in [0.1, 0.15) is 17.2 Å². The van der Waals surface area contributed by atoms with Crippen LogP contribution in [-0.2, 0) is 4.74 Å². The molecular formula is C17H18ClN3O. The highest BCUT2D eigenvalue weighted by Crippen LogP contribution is 2.30. The van der Waals surface area contributed by atoms with Gasteiger partial charge >= 0.3 is 0 Å². The lowest BCUT2D eigenvalue weighted by Crippen LogP contribution is -2.10. The van der Waals surface area contributed by atoms with E-state index in [1.54, 1.807) is 7.11 Å². The monoisotopic (exact) mass is 315 g/mol. The van der Waals surface area contributed by atoms with Gasteiger partial charge in [-0.15, -0.1) is 0 Å². The third kappa shape index (κ3) is 2.80. The van der Waals surface area contributed by atoms with Crippen molar-refractivity contribution < 1.29 is 4.74 Å². The van der Waals surface area contributed by atoms with E-state index < -0.39 is 0 Å². The fourth-order valence-corrected chi connectivity index (χ4v) is 2.62. The summed E-state index contributed by atoms with van der Waals surface area (Å²) in [7, 11) is 1.70. The number of methoxy groups -OCH3 is 1. The van der Waals surface area contributed by atoms with Crippen LogP contribution in [0.2, 0.25) is 5.02 Å². The number of nitrogens with one attached hydrogen (secondary N) is 1. The highest BCUT2D eigenvalue weighted by Gasteiger charge is 2.14. The molecule has 2 heterocycles. The zero-order valence-electron chi connectivity index (χ0n) is 12.6. The van der Waals surface area contributed by atoms with Gasteiger partial charge < -0.3 is 10.1 Å². The second kappa shape index (κ2) is 6.38. The SMILES string of the molecule is COCCNc1c(-c2ccc(Cl)cc2)nc2cccc(C)n12. The van der Waals surface area contributed by atoms with Crippen LogP contribution in [0.15, 0.2) is 42.5 Å². The van der Waals surface area contributed by atoms with Gasteiger partial charge in [0.05, 0.1) is 6.61 Å². The summed E-state index contributed by atoms with van der Waals surface area (Å²) in [6, 6.07) is 13.8. The minimum atomic E-state index is 0.638. The minimum Gasteiger partial charge on any atom is -0.383 e. The lowest BCUT2D eigenvalue weighted by Gasteiger charge is -2.10. The van der Waals surface area contributed by atoms with Crippen LogP contribution in [0.3, 0.4) is 0 Å². The van der Waals surface area contributed by atoms with Crippen LogP contribution in [0.4, 0.5) is 5.82 Å². The molecule has 0 amide bonds. The largest absolute Gasteiger partial charge is 0.383 e. The standard InChI is InChI=1S/C17H18ClN3O/c1-12-4-3-5-15-20-16(13-6-8-14(18)9-7-13)17(21(12)15)19-10-11-22-2/h3-9,19H,10-11H2,1-2H3. The van der Waals surface area contributed by atoms with Crippen molar-refractivity contribution in [3.8, 4) is 11.3 Å². The van der Waals surface area contributed by atoms with E-state index in [9.17, 15) is 0 Å². The molecule has 0 unspecified atom stereocenters. The Labute approximate surface area is 134 Å². The number of nitrogens with zero attached hydrogens (tertiary/aromatic N) is 2. The van der Waals surface area contributed by atoms with E-state index in [0.717, 1.165) is 40.0 Å². The van der Waals surface area contributed by atoms with Gasteiger partial charge in [0.15, 0.2) is 0 Å². The van der Waals surface area contributed by atoms with Gasteiger partial charge in [0, 0.05) is 29.9 Å². The molecule has 0 spiro atoms. The van der Waals surface area contributed by atoms with Gasteiger partial charge in [-0.2, -0.15) is 0 Å². The van der Waals surface area contributed by atoms with Crippen LogP contribution in [0, 0.1) is 6.92 Å². The molecule has 0 fully saturated rings. The van der Waals surface area contributed by atoms with Gasteiger partial charge in [-0.25, -0.2) is 4.98 Å². The summed E-state index contributed by atoms with van der Waals surface area (Å²) >= 11 is 5.99. The third-order valence-corrected chi connectivity index (χ3v) is 3.81. The lowest BCUT2D eigenvalue weighted by atomic mass is 10.1. The van der Waals surface area contributed by atoms with Crippen LogP contribution in [-0.4, -0.2) is 29.6 Å². The molecule has 0 radical (unpaired) electrons. The summed E-state index contributed by atoms with van der Waals surface area (Å²) in [5.41, 5.74) is 4.00. The van der Waals surface area contributed by atoms with Gasteiger partial charge in [0.25, 0.3) is 0 Å². The summed E-state index contributed by atoms with van der Waals surface area (Å²) in [4.78, 5) is 4.77. The number of imidazole rings is 1. The Balaban J connectivity index is 2.13. The van der Waals surface area contributed by atoms with E-state index in [0.29, 0.717) is 6.61 Å². The van der Waals surface area contributed by atoms with Crippen molar-refractivity contribution >= 4 is 23.1 Å². The summed E-state index contributed by atoms with van der Waals surface area (Å²) in [6.07, 6.45) is 0. The summed E-state index contributed by atoms with van der Waals surface area (Å²) in [5.74, 6) is 0.979. The van der Waals surface area contributed by atoms with Gasteiger partial charge in [-0.05, 0) is 31.2 Å². The number of pyridine rings is 1. The van der Waals surface area contributed by atoms with Crippen molar-refractivity contribution in [3.05, 3.63) is 53.2 Å². The topological polar surface area (TPSA) is 38.6 Å². The van der Waals surface area contributed by atoms with Gasteiger partial charge in [-0.3, -0.25) is 4.40 Å². The number of hydrogen-bond donors (Lipinski definition) is 1. The number of rotatable bonds is 5. The van der Waals surface area contributed by atoms with E-state index >= 15 is 0 Å². The molecule has 1 N–H and O–H groups in total. The summed E-state index contributed by atoms with van der Waals surface area (Å²) < 4.78 is 7.26. The maximum atomic E-state index is 5.99. The van der Waals surface area contributed by atoms with E-state index in [-0.39, 0.29) is 0 Å². The zero-order chi connectivity index (χ0) is 15.5. The Kier molecular flexibility index (Phi) is 4.32. The Morgan fingerprint density at radius 3 is 2.68 bits per heavy atom. The number of halogens is 1. The molecule has 1 aromatic carbocycles. The van der Waals surface area contributed by atoms with Crippen molar-refractivity contribution in [1.82, 2.24) is 9.38 Å². The Morgan fingerprint density at radius 1 is 1.18 bits per heavy atom. The number of ether oxygens (including phenoxy) is 1. The molecule has 2 aromatic heterocycles. The first-order valence-electron chi connectivity index (χ1n) is 7.17. The van der Waals surface area contributed by atoms with E-state index in [2.05, 4.69) is 22.7 Å². The third-order valence-electron chi connectivity index (χ3n) is 3.56. The maximum absolute atomic E-state index is 5.99. The number of benzene rings is 1. The molecule has 0 saturated heterocycles. The molecule has 22 heavy (non-hydrogen) atoms. The molecule has 3 aromatic rings. The fourth-order valence-electron chi connectivity index (χ4n) is 2.50. The highest BCUT2D eigenvalue weighted by molar-refractivity contribution is 6.30. The van der Waals surface area contributed by atoms with Crippen molar-refractivity contribution in [3.63, 3.8) is 0 Å². The van der Waals surface area contributed by atoms with Gasteiger partial charge in [0.2, 0.25) is 0 Å². The number of anilines is 1. The minimum absolute atomic E-state index is 0.638. The average molecular weight is 316 g/mol. The molecule has 0 aliphatic heterocycles. The smallest absolute Gasteiger partial charge is 0.139 e. The quantitative estimate of drug-likeness (QED) is 0.723. The first-order chi connectivity index (χ1) is 10.7. The van der Waals surface area contributed by atoms with E-state index in [1.165, 1.54) is 0 Å². The predicted octanol–water partition coefficient (Wildman–Crippen LogP) is 4.02. The van der Waals surface area contributed by atoms with Crippen molar-refractivity contribution in [2.24, 2.45) is 0 Å². The molecule has 0 aliphatic carbocycles. The molecule has 3 rings (SSSR count). The van der Waals surface area contributed by atoms with Crippen molar-refractivity contribution in [2.75, 3.05) is 25.6 Å². The number of aromatic nitrogens is 2.